The van der Waals surface area contributed by atoms with Crippen molar-refractivity contribution >= 4 is 5.78 Å². The van der Waals surface area contributed by atoms with Crippen molar-refractivity contribution < 1.29 is 9.53 Å². The lowest BCUT2D eigenvalue weighted by Crippen LogP contribution is -2.32. The Bertz CT molecular complexity index is 206. The first-order chi connectivity index (χ1) is 7.77. The van der Waals surface area contributed by atoms with Crippen LogP contribution in [0.25, 0.3) is 0 Å². The van der Waals surface area contributed by atoms with Crippen molar-refractivity contribution in [2.75, 3.05) is 26.8 Å². The third kappa shape index (κ3) is 4.62. The Labute approximate surface area is 98.9 Å². The molecule has 1 rings (SSSR count). The van der Waals surface area contributed by atoms with E-state index in [2.05, 4.69) is 12.2 Å². The molecule has 2 unspecified atom stereocenters. The van der Waals surface area contributed by atoms with Crippen molar-refractivity contribution in [2.24, 2.45) is 11.8 Å². The van der Waals surface area contributed by atoms with Crippen LogP contribution in [0.15, 0.2) is 0 Å². The molecule has 0 radical (unpaired) electrons. The second kappa shape index (κ2) is 7.80. The van der Waals surface area contributed by atoms with Gasteiger partial charge in [-0.2, -0.15) is 0 Å². The van der Waals surface area contributed by atoms with Crippen molar-refractivity contribution in [1.82, 2.24) is 5.32 Å². The molecule has 1 saturated carbocycles. The number of carbonyl (C=O) groups is 1. The van der Waals surface area contributed by atoms with E-state index < -0.39 is 0 Å². The molecule has 1 aliphatic rings. The number of Topliss-reactive ketones (excluding diaryl/α,β-unsaturated/α-hetero) is 1. The largest absolute Gasteiger partial charge is 0.383 e. The molecule has 0 aromatic carbocycles. The molecule has 2 atom stereocenters. The molecule has 0 aromatic rings. The van der Waals surface area contributed by atoms with Gasteiger partial charge in [-0.15, -0.1) is 0 Å². The number of nitrogens with one attached hydrogen (secondary N) is 1. The molecule has 0 aromatic heterocycles. The Morgan fingerprint density at radius 2 is 2.25 bits per heavy atom. The van der Waals surface area contributed by atoms with Crippen LogP contribution in [0.5, 0.6) is 0 Å². The highest BCUT2D eigenvalue weighted by molar-refractivity contribution is 5.83. The van der Waals surface area contributed by atoms with Crippen LogP contribution in [0.1, 0.15) is 39.0 Å². The first kappa shape index (κ1) is 13.7. The molecular formula is C13H25NO2. The second-order valence-corrected chi connectivity index (χ2v) is 4.77. The summed E-state index contributed by atoms with van der Waals surface area (Å²) in [6.07, 6.45) is 5.98. The normalized spacial score (nSPS) is 25.6. The minimum absolute atomic E-state index is 0.314. The van der Waals surface area contributed by atoms with E-state index in [0.717, 1.165) is 25.3 Å². The van der Waals surface area contributed by atoms with Gasteiger partial charge in [0.1, 0.15) is 5.78 Å². The fourth-order valence-corrected chi connectivity index (χ4v) is 2.48. The van der Waals surface area contributed by atoms with E-state index in [4.69, 9.17) is 4.74 Å². The summed E-state index contributed by atoms with van der Waals surface area (Å²) in [4.78, 5) is 11.9. The predicted molar refractivity (Wildman–Crippen MR) is 65.5 cm³/mol. The Hall–Kier alpha value is -0.410. The quantitative estimate of drug-likeness (QED) is 0.676. The maximum Gasteiger partial charge on any atom is 0.149 e. The Kier molecular flexibility index (Phi) is 6.65. The smallest absolute Gasteiger partial charge is 0.149 e. The predicted octanol–water partition coefficient (Wildman–Crippen LogP) is 2.01. The SMILES string of the molecule is CCC1CCCC(C(=O)CNCCOC)C1. The van der Waals surface area contributed by atoms with Gasteiger partial charge in [0.25, 0.3) is 0 Å². The summed E-state index contributed by atoms with van der Waals surface area (Å²) in [6.45, 7) is 4.19. The fraction of sp³-hybridized carbons (Fsp3) is 0.923. The summed E-state index contributed by atoms with van der Waals surface area (Å²) < 4.78 is 4.93. The van der Waals surface area contributed by atoms with Gasteiger partial charge in [0.05, 0.1) is 13.2 Å². The molecule has 0 amide bonds. The summed E-state index contributed by atoms with van der Waals surface area (Å²) in [7, 11) is 1.68. The third-order valence-corrected chi connectivity index (χ3v) is 3.60. The molecule has 16 heavy (non-hydrogen) atoms. The van der Waals surface area contributed by atoms with Crippen LogP contribution in [-0.2, 0) is 9.53 Å². The van der Waals surface area contributed by atoms with Gasteiger partial charge in [0.2, 0.25) is 0 Å². The van der Waals surface area contributed by atoms with E-state index in [1.807, 2.05) is 0 Å². The monoisotopic (exact) mass is 227 g/mol. The van der Waals surface area contributed by atoms with Gasteiger partial charge in [-0.25, -0.2) is 0 Å². The van der Waals surface area contributed by atoms with Crippen LogP contribution in [0.3, 0.4) is 0 Å². The van der Waals surface area contributed by atoms with Gasteiger partial charge in [-0.05, 0) is 18.8 Å². The van der Waals surface area contributed by atoms with Crippen molar-refractivity contribution in [3.8, 4) is 0 Å². The molecule has 1 fully saturated rings. The number of ether oxygens (including phenoxy) is 1. The molecule has 0 bridgehead atoms. The lowest BCUT2D eigenvalue weighted by atomic mass is 9.78. The lowest BCUT2D eigenvalue weighted by molar-refractivity contribution is -0.123. The van der Waals surface area contributed by atoms with Gasteiger partial charge >= 0.3 is 0 Å². The number of hydrogen-bond donors (Lipinski definition) is 1. The van der Waals surface area contributed by atoms with E-state index >= 15 is 0 Å². The van der Waals surface area contributed by atoms with Crippen molar-refractivity contribution in [2.45, 2.75) is 39.0 Å². The molecule has 0 heterocycles. The Balaban J connectivity index is 2.19. The molecule has 94 valence electrons. The molecule has 0 spiro atoms. The summed E-state index contributed by atoms with van der Waals surface area (Å²) in [5.41, 5.74) is 0. The summed E-state index contributed by atoms with van der Waals surface area (Å²) in [5.74, 6) is 1.49. The van der Waals surface area contributed by atoms with Crippen LogP contribution in [-0.4, -0.2) is 32.6 Å². The van der Waals surface area contributed by atoms with Gasteiger partial charge < -0.3 is 10.1 Å². The van der Waals surface area contributed by atoms with Crippen LogP contribution < -0.4 is 5.32 Å². The Morgan fingerprint density at radius 3 is 2.94 bits per heavy atom. The van der Waals surface area contributed by atoms with E-state index in [0.29, 0.717) is 24.9 Å². The minimum atomic E-state index is 0.314. The maximum absolute atomic E-state index is 11.9. The number of ketones is 1. The van der Waals surface area contributed by atoms with E-state index in [1.165, 1.54) is 19.3 Å². The average Bonchev–Trinajstić information content (AvgIpc) is 2.34. The zero-order valence-corrected chi connectivity index (χ0v) is 10.6. The number of rotatable bonds is 7. The first-order valence-corrected chi connectivity index (χ1v) is 6.50. The summed E-state index contributed by atoms with van der Waals surface area (Å²) in [5, 5.41) is 3.14. The molecule has 0 aliphatic heterocycles. The minimum Gasteiger partial charge on any atom is -0.383 e. The zero-order chi connectivity index (χ0) is 11.8. The number of hydrogen-bond acceptors (Lipinski definition) is 3. The molecule has 1 aliphatic carbocycles. The summed E-state index contributed by atoms with van der Waals surface area (Å²) in [6, 6.07) is 0. The van der Waals surface area contributed by atoms with Crippen molar-refractivity contribution in [3.05, 3.63) is 0 Å². The standard InChI is InChI=1S/C13H25NO2/c1-3-11-5-4-6-12(9-11)13(15)10-14-7-8-16-2/h11-12,14H,3-10H2,1-2H3. The molecule has 3 heteroatoms. The van der Waals surface area contributed by atoms with Crippen LogP contribution in [0.4, 0.5) is 0 Å². The number of methoxy groups -OCH3 is 1. The van der Waals surface area contributed by atoms with Crippen molar-refractivity contribution in [1.29, 1.82) is 0 Å². The average molecular weight is 227 g/mol. The number of carbonyl (C=O) groups excluding carboxylic acids is 1. The van der Waals surface area contributed by atoms with Gasteiger partial charge in [0, 0.05) is 19.6 Å². The highest BCUT2D eigenvalue weighted by Gasteiger charge is 2.25. The van der Waals surface area contributed by atoms with E-state index in [9.17, 15) is 4.79 Å². The molecule has 1 N–H and O–H groups in total. The van der Waals surface area contributed by atoms with E-state index in [-0.39, 0.29) is 0 Å². The maximum atomic E-state index is 11.9. The topological polar surface area (TPSA) is 38.3 Å². The molecule has 0 saturated heterocycles. The zero-order valence-electron chi connectivity index (χ0n) is 10.6. The van der Waals surface area contributed by atoms with Gasteiger partial charge in [-0.1, -0.05) is 26.2 Å². The fourth-order valence-electron chi connectivity index (χ4n) is 2.48. The first-order valence-electron chi connectivity index (χ1n) is 6.50. The molecular weight excluding hydrogens is 202 g/mol. The highest BCUT2D eigenvalue weighted by atomic mass is 16.5. The van der Waals surface area contributed by atoms with E-state index in [1.54, 1.807) is 7.11 Å². The second-order valence-electron chi connectivity index (χ2n) is 4.77. The van der Waals surface area contributed by atoms with Crippen LogP contribution in [0.2, 0.25) is 0 Å². The van der Waals surface area contributed by atoms with Gasteiger partial charge in [0.15, 0.2) is 0 Å². The highest BCUT2D eigenvalue weighted by Crippen LogP contribution is 2.31. The molecule has 3 nitrogen and oxygen atoms in total. The Morgan fingerprint density at radius 1 is 1.44 bits per heavy atom. The van der Waals surface area contributed by atoms with Crippen LogP contribution in [0, 0.1) is 11.8 Å². The third-order valence-electron chi connectivity index (χ3n) is 3.60. The van der Waals surface area contributed by atoms with Crippen LogP contribution >= 0.6 is 0 Å². The summed E-state index contributed by atoms with van der Waals surface area (Å²) >= 11 is 0. The van der Waals surface area contributed by atoms with Gasteiger partial charge in [-0.3, -0.25) is 4.79 Å². The lowest BCUT2D eigenvalue weighted by Gasteiger charge is -2.27. The van der Waals surface area contributed by atoms with Crippen molar-refractivity contribution in [3.63, 3.8) is 0 Å².